The summed E-state index contributed by atoms with van der Waals surface area (Å²) < 4.78 is 6.41. The Morgan fingerprint density at radius 2 is 2.00 bits per heavy atom. The number of ether oxygens (including phenoxy) is 1. The van der Waals surface area contributed by atoms with Gasteiger partial charge in [0, 0.05) is 23.5 Å². The quantitative estimate of drug-likeness (QED) is 0.267. The molecule has 2 aliphatic rings. The van der Waals surface area contributed by atoms with Crippen LogP contribution in [0.25, 0.3) is 0 Å². The summed E-state index contributed by atoms with van der Waals surface area (Å²) >= 11 is 6.32. The number of allylic oxidation sites excluding steroid dienone is 1. The van der Waals surface area contributed by atoms with E-state index in [0.29, 0.717) is 36.2 Å². The fourth-order valence-electron chi connectivity index (χ4n) is 5.89. The lowest BCUT2D eigenvalue weighted by Crippen LogP contribution is -2.46. The number of anilines is 1. The number of halogens is 1. The van der Waals surface area contributed by atoms with Gasteiger partial charge in [0.25, 0.3) is 0 Å². The van der Waals surface area contributed by atoms with Crippen molar-refractivity contribution in [2.75, 3.05) is 24.6 Å². The van der Waals surface area contributed by atoms with Crippen LogP contribution in [0.1, 0.15) is 62.1 Å². The number of aryl methyl sites for hydroxylation is 1. The smallest absolute Gasteiger partial charge is 0.341 e. The lowest BCUT2D eigenvalue weighted by Gasteiger charge is -2.41. The fourth-order valence-corrected chi connectivity index (χ4v) is 6.09. The number of benzene rings is 2. The molecule has 1 aliphatic carbocycles. The van der Waals surface area contributed by atoms with E-state index in [4.69, 9.17) is 16.3 Å². The van der Waals surface area contributed by atoms with Crippen LogP contribution >= 0.6 is 11.6 Å². The van der Waals surface area contributed by atoms with Crippen molar-refractivity contribution >= 4 is 29.2 Å². The van der Waals surface area contributed by atoms with Crippen molar-refractivity contribution < 1.29 is 29.6 Å². The Morgan fingerprint density at radius 3 is 2.71 bits per heavy atom. The van der Waals surface area contributed by atoms with Gasteiger partial charge in [-0.05, 0) is 86.4 Å². The molecule has 2 aromatic rings. The number of aliphatic carboxylic acids is 2. The molecule has 2 aromatic carbocycles. The normalized spacial score (nSPS) is 20.9. The minimum atomic E-state index is -2.59. The van der Waals surface area contributed by atoms with E-state index < -0.39 is 23.5 Å². The van der Waals surface area contributed by atoms with Crippen molar-refractivity contribution in [3.05, 3.63) is 70.8 Å². The molecule has 0 saturated carbocycles. The molecule has 8 heteroatoms. The molecule has 4 rings (SSSR count). The van der Waals surface area contributed by atoms with Crippen molar-refractivity contribution in [1.29, 1.82) is 0 Å². The Balaban J connectivity index is 1.76. The third-order valence-electron chi connectivity index (χ3n) is 8.14. The van der Waals surface area contributed by atoms with Crippen LogP contribution < -0.4 is 9.64 Å². The molecule has 1 spiro atoms. The lowest BCUT2D eigenvalue weighted by molar-refractivity contribution is -0.174. The monoisotopic (exact) mass is 541 g/mol. The highest BCUT2D eigenvalue weighted by molar-refractivity contribution is 6.30. The van der Waals surface area contributed by atoms with Gasteiger partial charge in [0.05, 0.1) is 18.2 Å². The average molecular weight is 542 g/mol. The van der Waals surface area contributed by atoms with E-state index in [-0.39, 0.29) is 11.0 Å². The van der Waals surface area contributed by atoms with E-state index >= 15 is 0 Å². The molecule has 0 bridgehead atoms. The Hall–Kier alpha value is -3.03. The number of fused-ring (bicyclic) bond motifs is 3. The van der Waals surface area contributed by atoms with Gasteiger partial charge in [0.2, 0.25) is 0 Å². The molecule has 0 aromatic heterocycles. The minimum Gasteiger partial charge on any atom is -0.490 e. The molecule has 1 aliphatic heterocycles. The minimum absolute atomic E-state index is 0.0192. The molecule has 38 heavy (non-hydrogen) atoms. The van der Waals surface area contributed by atoms with Crippen LogP contribution in [0.15, 0.2) is 49.1 Å². The second-order valence-corrected chi connectivity index (χ2v) is 11.0. The maximum absolute atomic E-state index is 12.2. The number of nitrogens with zero attached hydrogens (tertiary/aromatic N) is 1. The topological polar surface area (TPSA) is 107 Å². The molecule has 2 unspecified atom stereocenters. The summed E-state index contributed by atoms with van der Waals surface area (Å²) in [5.74, 6) is -3.96. The standard InChI is InChI=1S/C30H36ClNO6/c1-3-4-5-6-7-15-32-18-29(14-8-9-21-16-23(31)11-12-24(21)29)19-38-26-13-10-22(17-25(26)32)30(37,28(35)36)20(2)27(33)34/h3,10-13,16-17,20,37H,1,4-9,14-15,18-19H2,2H3,(H,33,34)(H,35,36)/t20?,29-,30?/m0/s1. The fraction of sp³-hybridized carbons (Fsp3) is 0.467. The average Bonchev–Trinajstić information content (AvgIpc) is 3.04. The maximum Gasteiger partial charge on any atom is 0.341 e. The van der Waals surface area contributed by atoms with E-state index in [1.54, 1.807) is 12.1 Å². The Morgan fingerprint density at radius 1 is 1.21 bits per heavy atom. The molecule has 0 amide bonds. The molecule has 0 fully saturated rings. The zero-order chi connectivity index (χ0) is 27.5. The summed E-state index contributed by atoms with van der Waals surface area (Å²) in [6.45, 7) is 6.82. The zero-order valence-electron chi connectivity index (χ0n) is 21.8. The number of carbonyl (C=O) groups is 2. The maximum atomic E-state index is 12.2. The first-order valence-electron chi connectivity index (χ1n) is 13.2. The predicted octanol–water partition coefficient (Wildman–Crippen LogP) is 5.55. The van der Waals surface area contributed by atoms with E-state index in [2.05, 4.69) is 17.5 Å². The molecular weight excluding hydrogens is 506 g/mol. The van der Waals surface area contributed by atoms with Gasteiger partial charge in [0.1, 0.15) is 5.75 Å². The van der Waals surface area contributed by atoms with Gasteiger partial charge < -0.3 is 25.0 Å². The molecule has 1 heterocycles. The van der Waals surface area contributed by atoms with Gasteiger partial charge in [0.15, 0.2) is 5.60 Å². The Kier molecular flexibility index (Phi) is 8.38. The molecule has 0 radical (unpaired) electrons. The number of aliphatic hydroxyl groups is 1. The van der Waals surface area contributed by atoms with Gasteiger partial charge in [-0.3, -0.25) is 4.79 Å². The number of unbranched alkanes of at least 4 members (excludes halogenated alkanes) is 3. The van der Waals surface area contributed by atoms with Gasteiger partial charge in [-0.25, -0.2) is 4.79 Å². The van der Waals surface area contributed by atoms with Crippen LogP contribution in [-0.2, 0) is 27.0 Å². The third kappa shape index (κ3) is 5.27. The van der Waals surface area contributed by atoms with Crippen molar-refractivity contribution in [3.8, 4) is 5.75 Å². The van der Waals surface area contributed by atoms with Crippen LogP contribution in [0.2, 0.25) is 5.02 Å². The predicted molar refractivity (Wildman–Crippen MR) is 147 cm³/mol. The van der Waals surface area contributed by atoms with Crippen molar-refractivity contribution in [3.63, 3.8) is 0 Å². The highest BCUT2D eigenvalue weighted by Gasteiger charge is 2.48. The summed E-state index contributed by atoms with van der Waals surface area (Å²) in [5.41, 5.74) is 0.261. The van der Waals surface area contributed by atoms with Crippen LogP contribution in [-0.4, -0.2) is 47.0 Å². The van der Waals surface area contributed by atoms with Crippen molar-refractivity contribution in [2.24, 2.45) is 5.92 Å². The summed E-state index contributed by atoms with van der Waals surface area (Å²) in [5, 5.41) is 31.3. The van der Waals surface area contributed by atoms with E-state index in [0.717, 1.165) is 44.9 Å². The van der Waals surface area contributed by atoms with E-state index in [1.165, 1.54) is 24.1 Å². The SMILES string of the molecule is C=CCCCCCN1C[C@@]2(CCCc3cc(Cl)ccc32)COc2ccc(C(O)(C(=O)O)C(C)C(=O)O)cc21. The molecule has 0 saturated heterocycles. The Labute approximate surface area is 228 Å². The summed E-state index contributed by atoms with van der Waals surface area (Å²) in [6.07, 6.45) is 8.70. The van der Waals surface area contributed by atoms with Crippen LogP contribution in [0, 0.1) is 5.92 Å². The van der Waals surface area contributed by atoms with Gasteiger partial charge >= 0.3 is 11.9 Å². The second-order valence-electron chi connectivity index (χ2n) is 10.6. The first kappa shape index (κ1) is 28.0. The molecule has 7 nitrogen and oxygen atoms in total. The number of hydrogen-bond acceptors (Lipinski definition) is 5. The summed E-state index contributed by atoms with van der Waals surface area (Å²) in [6, 6.07) is 10.8. The first-order valence-corrected chi connectivity index (χ1v) is 13.6. The van der Waals surface area contributed by atoms with Gasteiger partial charge in [-0.2, -0.15) is 0 Å². The first-order chi connectivity index (χ1) is 18.1. The van der Waals surface area contributed by atoms with Gasteiger partial charge in [-0.1, -0.05) is 36.2 Å². The van der Waals surface area contributed by atoms with Gasteiger partial charge in [-0.15, -0.1) is 6.58 Å². The number of carboxylic acid groups (broad SMARTS) is 2. The summed E-state index contributed by atoms with van der Waals surface area (Å²) in [4.78, 5) is 26.1. The van der Waals surface area contributed by atoms with Crippen molar-refractivity contribution in [1.82, 2.24) is 0 Å². The zero-order valence-corrected chi connectivity index (χ0v) is 22.5. The van der Waals surface area contributed by atoms with Crippen molar-refractivity contribution in [2.45, 2.75) is 62.9 Å². The third-order valence-corrected chi connectivity index (χ3v) is 8.37. The lowest BCUT2D eigenvalue weighted by atomic mass is 9.70. The summed E-state index contributed by atoms with van der Waals surface area (Å²) in [7, 11) is 0. The van der Waals surface area contributed by atoms with Crippen LogP contribution in [0.5, 0.6) is 5.75 Å². The molecule has 3 atom stereocenters. The number of rotatable bonds is 10. The van der Waals surface area contributed by atoms with E-state index in [1.807, 2.05) is 18.2 Å². The highest BCUT2D eigenvalue weighted by Crippen LogP contribution is 2.45. The van der Waals surface area contributed by atoms with Crippen LogP contribution in [0.3, 0.4) is 0 Å². The van der Waals surface area contributed by atoms with E-state index in [9.17, 15) is 24.9 Å². The molecular formula is C30H36ClNO6. The number of carboxylic acids is 2. The Bertz CT molecular complexity index is 1220. The largest absolute Gasteiger partial charge is 0.490 e. The molecule has 3 N–H and O–H groups in total. The molecule has 204 valence electrons. The highest BCUT2D eigenvalue weighted by atomic mass is 35.5. The van der Waals surface area contributed by atoms with Crippen LogP contribution in [0.4, 0.5) is 5.69 Å². The second kappa shape index (κ2) is 11.4. The number of hydrogen-bond donors (Lipinski definition) is 3.